The second kappa shape index (κ2) is 7.10. The molecule has 1 aromatic rings. The minimum atomic E-state index is -4.75. The van der Waals surface area contributed by atoms with E-state index in [1.807, 2.05) is 0 Å². The summed E-state index contributed by atoms with van der Waals surface area (Å²) in [4.78, 5) is 11.6. The molecule has 0 bridgehead atoms. The number of quaternary nitrogens is 1. The highest BCUT2D eigenvalue weighted by atomic mass is 35.5. The van der Waals surface area contributed by atoms with Crippen LogP contribution in [0.15, 0.2) is 23.1 Å². The van der Waals surface area contributed by atoms with Crippen molar-refractivity contribution in [3.63, 3.8) is 0 Å². The lowest BCUT2D eigenvalue weighted by atomic mass is 10.2. The summed E-state index contributed by atoms with van der Waals surface area (Å²) >= 11 is 5.52. The molecular weight excluding hydrogens is 383 g/mol. The number of benzene rings is 1. The van der Waals surface area contributed by atoms with Gasteiger partial charge in [0.15, 0.2) is 6.04 Å². The first kappa shape index (κ1) is 20.0. The fraction of sp³-hybridized carbons (Fsp3) is 0.500. The van der Waals surface area contributed by atoms with Crippen LogP contribution in [0, 0.1) is 0 Å². The van der Waals surface area contributed by atoms with Gasteiger partial charge in [0.1, 0.15) is 0 Å². The van der Waals surface area contributed by atoms with Crippen LogP contribution in [0.25, 0.3) is 0 Å². The molecule has 0 aliphatic carbocycles. The third-order valence-corrected chi connectivity index (χ3v) is 6.51. The van der Waals surface area contributed by atoms with E-state index in [4.69, 9.17) is 17.3 Å². The Morgan fingerprint density at radius 1 is 1.32 bits per heavy atom. The standard InChI is InChI=1S/C14H17ClF3N3O3S/c1-9(13(19)22)20-4-6-21(7-5-20)25(23,24)10-2-3-12(15)11(8-10)14(16,17)18/h2-3,8-9H,4-7H2,1H3,(H2,19,22)/p+1/t9-/m1/s1. The molecule has 0 radical (unpaired) electrons. The molecule has 0 unspecified atom stereocenters. The highest BCUT2D eigenvalue weighted by Crippen LogP contribution is 2.36. The van der Waals surface area contributed by atoms with E-state index in [2.05, 4.69) is 0 Å². The van der Waals surface area contributed by atoms with E-state index >= 15 is 0 Å². The molecule has 0 saturated carbocycles. The summed E-state index contributed by atoms with van der Waals surface area (Å²) in [7, 11) is -4.09. The molecule has 3 N–H and O–H groups in total. The van der Waals surface area contributed by atoms with Crippen LogP contribution >= 0.6 is 11.6 Å². The largest absolute Gasteiger partial charge is 0.417 e. The number of hydrogen-bond acceptors (Lipinski definition) is 3. The fourth-order valence-corrected chi connectivity index (χ4v) is 4.37. The maximum absolute atomic E-state index is 12.9. The number of nitrogens with zero attached hydrogens (tertiary/aromatic N) is 1. The summed E-state index contributed by atoms with van der Waals surface area (Å²) in [6.07, 6.45) is -4.75. The van der Waals surface area contributed by atoms with E-state index in [0.717, 1.165) is 21.3 Å². The molecule has 1 saturated heterocycles. The molecule has 1 aromatic carbocycles. The van der Waals surface area contributed by atoms with Crippen LogP contribution in [0.1, 0.15) is 12.5 Å². The Bertz CT molecular complexity index is 762. The van der Waals surface area contributed by atoms with Crippen molar-refractivity contribution in [3.8, 4) is 0 Å². The van der Waals surface area contributed by atoms with Crippen molar-refractivity contribution in [2.75, 3.05) is 26.2 Å². The summed E-state index contributed by atoms with van der Waals surface area (Å²) in [5.74, 6) is -0.487. The Hall–Kier alpha value is -1.36. The molecule has 2 rings (SSSR count). The quantitative estimate of drug-likeness (QED) is 0.753. The van der Waals surface area contributed by atoms with Gasteiger partial charge in [0.2, 0.25) is 10.0 Å². The molecule has 0 spiro atoms. The number of alkyl halides is 3. The van der Waals surface area contributed by atoms with Gasteiger partial charge in [-0.2, -0.15) is 17.5 Å². The van der Waals surface area contributed by atoms with Gasteiger partial charge >= 0.3 is 6.18 Å². The number of nitrogens with one attached hydrogen (secondary N) is 1. The molecule has 140 valence electrons. The number of hydrogen-bond donors (Lipinski definition) is 2. The molecule has 0 aromatic heterocycles. The third kappa shape index (κ3) is 4.25. The molecule has 11 heteroatoms. The van der Waals surface area contributed by atoms with Crippen LogP contribution < -0.4 is 10.6 Å². The van der Waals surface area contributed by atoms with E-state index in [0.29, 0.717) is 19.2 Å². The summed E-state index contributed by atoms with van der Waals surface area (Å²) in [5.41, 5.74) is 4.05. The first-order valence-corrected chi connectivity index (χ1v) is 9.27. The van der Waals surface area contributed by atoms with Crippen molar-refractivity contribution in [1.29, 1.82) is 0 Å². The first-order chi connectivity index (χ1) is 11.4. The number of carbonyl (C=O) groups excluding carboxylic acids is 1. The van der Waals surface area contributed by atoms with Gasteiger partial charge in [-0.15, -0.1) is 0 Å². The smallest absolute Gasteiger partial charge is 0.365 e. The molecule has 1 fully saturated rings. The summed E-state index contributed by atoms with van der Waals surface area (Å²) in [6, 6.07) is 2.06. The third-order valence-electron chi connectivity index (χ3n) is 4.28. The van der Waals surface area contributed by atoms with Gasteiger partial charge in [-0.3, -0.25) is 4.79 Å². The Morgan fingerprint density at radius 3 is 2.36 bits per heavy atom. The zero-order valence-electron chi connectivity index (χ0n) is 13.3. The van der Waals surface area contributed by atoms with Gasteiger partial charge in [0.25, 0.3) is 5.91 Å². The van der Waals surface area contributed by atoms with E-state index in [1.54, 1.807) is 6.92 Å². The van der Waals surface area contributed by atoms with Crippen molar-refractivity contribution in [2.24, 2.45) is 5.73 Å². The van der Waals surface area contributed by atoms with Crippen molar-refractivity contribution in [3.05, 3.63) is 28.8 Å². The molecular formula is C14H18ClF3N3O3S+. The average molecular weight is 401 g/mol. The van der Waals surface area contributed by atoms with Crippen molar-refractivity contribution in [1.82, 2.24) is 4.31 Å². The summed E-state index contributed by atoms with van der Waals surface area (Å²) < 4.78 is 65.1. The summed E-state index contributed by atoms with van der Waals surface area (Å²) in [6.45, 7) is 2.49. The number of nitrogens with two attached hydrogens (primary N) is 1. The number of carbonyl (C=O) groups is 1. The van der Waals surface area contributed by atoms with Crippen LogP contribution in [0.5, 0.6) is 0 Å². The van der Waals surface area contributed by atoms with Crippen LogP contribution in [0.3, 0.4) is 0 Å². The van der Waals surface area contributed by atoms with Crippen molar-refractivity contribution >= 4 is 27.5 Å². The molecule has 1 aliphatic rings. The van der Waals surface area contributed by atoms with Crippen molar-refractivity contribution in [2.45, 2.75) is 24.0 Å². The van der Waals surface area contributed by atoms with Crippen LogP contribution in [0.4, 0.5) is 13.2 Å². The molecule has 1 aliphatic heterocycles. The number of sulfonamides is 1. The van der Waals surface area contributed by atoms with E-state index < -0.39 is 43.6 Å². The number of piperazine rings is 1. The van der Waals surface area contributed by atoms with Crippen molar-refractivity contribution < 1.29 is 31.3 Å². The lowest BCUT2D eigenvalue weighted by molar-refractivity contribution is -0.917. The van der Waals surface area contributed by atoms with Gasteiger partial charge in [-0.05, 0) is 25.1 Å². The zero-order chi connectivity index (χ0) is 19.0. The second-order valence-corrected chi connectivity index (χ2v) is 8.17. The van der Waals surface area contributed by atoms with Gasteiger partial charge in [-0.25, -0.2) is 8.42 Å². The Labute approximate surface area is 148 Å². The van der Waals surface area contributed by atoms with Gasteiger partial charge in [-0.1, -0.05) is 11.6 Å². The van der Waals surface area contributed by atoms with Crippen LogP contribution in [-0.4, -0.2) is 50.9 Å². The Kier molecular flexibility index (Phi) is 5.67. The first-order valence-electron chi connectivity index (χ1n) is 7.45. The lowest BCUT2D eigenvalue weighted by Crippen LogP contribution is -3.19. The molecule has 6 nitrogen and oxygen atoms in total. The average Bonchev–Trinajstić information content (AvgIpc) is 2.53. The number of halogens is 4. The number of rotatable bonds is 4. The predicted octanol–water partition coefficient (Wildman–Crippen LogP) is 0.122. The highest BCUT2D eigenvalue weighted by Gasteiger charge is 2.37. The normalized spacial score (nSPS) is 18.9. The maximum atomic E-state index is 12.9. The van der Waals surface area contributed by atoms with E-state index in [-0.39, 0.29) is 13.1 Å². The minimum absolute atomic E-state index is 0.0826. The topological polar surface area (TPSA) is 84.9 Å². The van der Waals surface area contributed by atoms with Crippen LogP contribution in [0.2, 0.25) is 5.02 Å². The monoisotopic (exact) mass is 400 g/mol. The highest BCUT2D eigenvalue weighted by molar-refractivity contribution is 7.89. The van der Waals surface area contributed by atoms with E-state index in [1.165, 1.54) is 0 Å². The SMILES string of the molecule is C[C@H](C(N)=O)[NH+]1CCN(S(=O)(=O)c2ccc(Cl)c(C(F)(F)F)c2)CC1. The minimum Gasteiger partial charge on any atom is -0.365 e. The lowest BCUT2D eigenvalue weighted by Gasteiger charge is -2.33. The fourth-order valence-electron chi connectivity index (χ4n) is 2.68. The maximum Gasteiger partial charge on any atom is 0.417 e. The number of amides is 1. The molecule has 1 heterocycles. The summed E-state index contributed by atoms with van der Waals surface area (Å²) in [5, 5.41) is -0.559. The van der Waals surface area contributed by atoms with Crippen LogP contribution in [-0.2, 0) is 21.0 Å². The van der Waals surface area contributed by atoms with Gasteiger partial charge in [0, 0.05) is 0 Å². The molecule has 1 amide bonds. The van der Waals surface area contributed by atoms with E-state index in [9.17, 15) is 26.4 Å². The zero-order valence-corrected chi connectivity index (χ0v) is 14.9. The molecule has 25 heavy (non-hydrogen) atoms. The second-order valence-electron chi connectivity index (χ2n) is 5.83. The molecule has 1 atom stereocenters. The van der Waals surface area contributed by atoms with Gasteiger partial charge < -0.3 is 10.6 Å². The predicted molar refractivity (Wildman–Crippen MR) is 84.6 cm³/mol. The number of primary amides is 1. The van der Waals surface area contributed by atoms with Gasteiger partial charge in [0.05, 0.1) is 41.7 Å². The Morgan fingerprint density at radius 2 is 1.88 bits per heavy atom. The Balaban J connectivity index is 2.22.